The van der Waals surface area contributed by atoms with E-state index in [2.05, 4.69) is 5.32 Å². The van der Waals surface area contributed by atoms with E-state index in [9.17, 15) is 22.8 Å². The fraction of sp³-hybridized carbons (Fsp3) is 0.263. The lowest BCUT2D eigenvalue weighted by Crippen LogP contribution is -2.28. The number of anilines is 2. The molecule has 27 heavy (non-hydrogen) atoms. The maximum atomic E-state index is 13.1. The summed E-state index contributed by atoms with van der Waals surface area (Å²) in [7, 11) is 1.52. The summed E-state index contributed by atoms with van der Waals surface area (Å²) in [4.78, 5) is 26.1. The predicted octanol–water partition coefficient (Wildman–Crippen LogP) is 3.71. The second-order valence-corrected chi connectivity index (χ2v) is 6.14. The van der Waals surface area contributed by atoms with Crippen molar-refractivity contribution in [2.45, 2.75) is 12.6 Å². The molecular weight excluding hydrogens is 361 g/mol. The molecule has 1 N–H and O–H groups in total. The molecule has 1 heterocycles. The van der Waals surface area contributed by atoms with Crippen LogP contribution < -0.4 is 15.0 Å². The van der Waals surface area contributed by atoms with Crippen molar-refractivity contribution in [1.29, 1.82) is 0 Å². The SMILES string of the molecule is COc1ccc(N2C[C@H](C(=O)Nc3ccccc3C(F)(F)F)CC2=O)cc1. The standard InChI is InChI=1S/C19H17F3N2O3/c1-27-14-8-6-13(7-9-14)24-11-12(10-17(24)25)18(26)23-16-5-3-2-4-15(16)19(20,21)22/h2-9,12H,10-11H2,1H3,(H,23,26)/t12-/m1/s1. The van der Waals surface area contributed by atoms with Crippen LogP contribution in [0.15, 0.2) is 48.5 Å². The number of para-hydroxylation sites is 1. The Hall–Kier alpha value is -3.03. The van der Waals surface area contributed by atoms with Gasteiger partial charge >= 0.3 is 6.18 Å². The number of amides is 2. The second kappa shape index (κ2) is 7.30. The van der Waals surface area contributed by atoms with Crippen LogP contribution in [-0.2, 0) is 15.8 Å². The number of benzene rings is 2. The summed E-state index contributed by atoms with van der Waals surface area (Å²) in [6.45, 7) is 0.102. The summed E-state index contributed by atoms with van der Waals surface area (Å²) in [5, 5.41) is 2.31. The van der Waals surface area contributed by atoms with Crippen LogP contribution in [0.5, 0.6) is 5.75 Å². The summed E-state index contributed by atoms with van der Waals surface area (Å²) < 4.78 is 44.2. The molecule has 1 atom stereocenters. The van der Waals surface area contributed by atoms with E-state index in [-0.39, 0.29) is 24.6 Å². The van der Waals surface area contributed by atoms with Crippen molar-refractivity contribution in [1.82, 2.24) is 0 Å². The van der Waals surface area contributed by atoms with Crippen molar-refractivity contribution in [2.24, 2.45) is 5.92 Å². The molecule has 5 nitrogen and oxygen atoms in total. The Bertz CT molecular complexity index is 850. The largest absolute Gasteiger partial charge is 0.497 e. The molecule has 2 aromatic carbocycles. The molecule has 0 aliphatic carbocycles. The first-order valence-corrected chi connectivity index (χ1v) is 8.21. The molecule has 1 fully saturated rings. The lowest BCUT2D eigenvalue weighted by molar-refractivity contribution is -0.137. The van der Waals surface area contributed by atoms with Gasteiger partial charge in [0.15, 0.2) is 0 Å². The first-order chi connectivity index (χ1) is 12.8. The molecular formula is C19H17F3N2O3. The van der Waals surface area contributed by atoms with Gasteiger partial charge in [-0.2, -0.15) is 13.2 Å². The normalized spacial score (nSPS) is 17.1. The molecule has 0 spiro atoms. The maximum absolute atomic E-state index is 13.1. The van der Waals surface area contributed by atoms with Gasteiger partial charge < -0.3 is 15.0 Å². The van der Waals surface area contributed by atoms with Gasteiger partial charge in [0.1, 0.15) is 5.75 Å². The van der Waals surface area contributed by atoms with Gasteiger partial charge in [-0.25, -0.2) is 0 Å². The summed E-state index contributed by atoms with van der Waals surface area (Å²) >= 11 is 0. The minimum absolute atomic E-state index is 0.0634. The van der Waals surface area contributed by atoms with Crippen LogP contribution in [0.2, 0.25) is 0 Å². The Morgan fingerprint density at radius 1 is 1.15 bits per heavy atom. The fourth-order valence-corrected chi connectivity index (χ4v) is 2.97. The summed E-state index contributed by atoms with van der Waals surface area (Å²) in [6, 6.07) is 11.5. The van der Waals surface area contributed by atoms with Crippen LogP contribution in [0, 0.1) is 5.92 Å². The average molecular weight is 378 g/mol. The van der Waals surface area contributed by atoms with Gasteiger partial charge in [0.2, 0.25) is 11.8 Å². The summed E-state index contributed by atoms with van der Waals surface area (Å²) in [5.41, 5.74) is -0.633. The first-order valence-electron chi connectivity index (χ1n) is 8.21. The average Bonchev–Trinajstić information content (AvgIpc) is 3.03. The van der Waals surface area contributed by atoms with Gasteiger partial charge in [-0.1, -0.05) is 12.1 Å². The smallest absolute Gasteiger partial charge is 0.418 e. The molecule has 0 radical (unpaired) electrons. The van der Waals surface area contributed by atoms with E-state index < -0.39 is 23.6 Å². The fourth-order valence-electron chi connectivity index (χ4n) is 2.97. The van der Waals surface area contributed by atoms with Gasteiger partial charge in [-0.05, 0) is 36.4 Å². The summed E-state index contributed by atoms with van der Waals surface area (Å²) in [5.74, 6) is -0.982. The highest BCUT2D eigenvalue weighted by Crippen LogP contribution is 2.35. The number of hydrogen-bond donors (Lipinski definition) is 1. The van der Waals surface area contributed by atoms with Crippen molar-refractivity contribution in [3.8, 4) is 5.75 Å². The monoisotopic (exact) mass is 378 g/mol. The number of halogens is 3. The molecule has 0 saturated carbocycles. The van der Waals surface area contributed by atoms with Gasteiger partial charge in [-0.15, -0.1) is 0 Å². The molecule has 1 aliphatic heterocycles. The van der Waals surface area contributed by atoms with E-state index in [0.29, 0.717) is 11.4 Å². The minimum atomic E-state index is -4.58. The number of nitrogens with one attached hydrogen (secondary N) is 1. The number of alkyl halides is 3. The third-order valence-electron chi connectivity index (χ3n) is 4.37. The van der Waals surface area contributed by atoms with Crippen LogP contribution in [0.4, 0.5) is 24.5 Å². The van der Waals surface area contributed by atoms with Crippen molar-refractivity contribution in [2.75, 3.05) is 23.9 Å². The van der Waals surface area contributed by atoms with Crippen LogP contribution in [0.25, 0.3) is 0 Å². The zero-order valence-corrected chi connectivity index (χ0v) is 14.4. The highest BCUT2D eigenvalue weighted by Gasteiger charge is 2.37. The molecule has 1 aliphatic rings. The topological polar surface area (TPSA) is 58.6 Å². The first kappa shape index (κ1) is 18.8. The van der Waals surface area contributed by atoms with E-state index >= 15 is 0 Å². The van der Waals surface area contributed by atoms with Gasteiger partial charge in [0.05, 0.1) is 24.3 Å². The number of methoxy groups -OCH3 is 1. The Labute approximate surface area is 153 Å². The Balaban J connectivity index is 1.73. The molecule has 2 aromatic rings. The van der Waals surface area contributed by atoms with Crippen molar-refractivity contribution >= 4 is 23.2 Å². The number of carbonyl (C=O) groups is 2. The number of rotatable bonds is 4. The van der Waals surface area contributed by atoms with E-state index in [0.717, 1.165) is 6.07 Å². The zero-order chi connectivity index (χ0) is 19.6. The van der Waals surface area contributed by atoms with E-state index in [1.54, 1.807) is 24.3 Å². The van der Waals surface area contributed by atoms with Gasteiger partial charge in [-0.3, -0.25) is 9.59 Å². The third-order valence-corrected chi connectivity index (χ3v) is 4.37. The molecule has 0 bridgehead atoms. The highest BCUT2D eigenvalue weighted by molar-refractivity contribution is 6.03. The van der Waals surface area contributed by atoms with Crippen LogP contribution >= 0.6 is 0 Å². The quantitative estimate of drug-likeness (QED) is 0.883. The number of ether oxygens (including phenoxy) is 1. The van der Waals surface area contributed by atoms with Gasteiger partial charge in [0.25, 0.3) is 0 Å². The van der Waals surface area contributed by atoms with E-state index in [4.69, 9.17) is 4.74 Å². The molecule has 3 rings (SSSR count). The molecule has 0 aromatic heterocycles. The Morgan fingerprint density at radius 2 is 1.81 bits per heavy atom. The predicted molar refractivity (Wildman–Crippen MR) is 93.5 cm³/mol. The maximum Gasteiger partial charge on any atom is 0.418 e. The Kier molecular flexibility index (Phi) is 5.07. The lowest BCUT2D eigenvalue weighted by Gasteiger charge is -2.18. The molecule has 1 saturated heterocycles. The second-order valence-electron chi connectivity index (χ2n) is 6.14. The third kappa shape index (κ3) is 4.05. The highest BCUT2D eigenvalue weighted by atomic mass is 19.4. The van der Waals surface area contributed by atoms with Crippen molar-refractivity contribution in [3.63, 3.8) is 0 Å². The zero-order valence-electron chi connectivity index (χ0n) is 14.4. The molecule has 0 unspecified atom stereocenters. The Morgan fingerprint density at radius 3 is 2.44 bits per heavy atom. The van der Waals surface area contributed by atoms with E-state index in [1.807, 2.05) is 0 Å². The number of carbonyl (C=O) groups excluding carboxylic acids is 2. The van der Waals surface area contributed by atoms with E-state index in [1.165, 1.54) is 30.2 Å². The molecule has 2 amide bonds. The molecule has 142 valence electrons. The van der Waals surface area contributed by atoms with Crippen molar-refractivity contribution in [3.05, 3.63) is 54.1 Å². The van der Waals surface area contributed by atoms with Crippen LogP contribution in [-0.4, -0.2) is 25.5 Å². The lowest BCUT2D eigenvalue weighted by atomic mass is 10.1. The number of hydrogen-bond acceptors (Lipinski definition) is 3. The summed E-state index contributed by atoms with van der Waals surface area (Å²) in [6.07, 6.45) is -4.64. The van der Waals surface area contributed by atoms with Crippen LogP contribution in [0.1, 0.15) is 12.0 Å². The van der Waals surface area contributed by atoms with Crippen molar-refractivity contribution < 1.29 is 27.5 Å². The molecule has 8 heteroatoms. The number of nitrogens with zero attached hydrogens (tertiary/aromatic N) is 1. The minimum Gasteiger partial charge on any atom is -0.497 e. The van der Waals surface area contributed by atoms with Crippen LogP contribution in [0.3, 0.4) is 0 Å². The van der Waals surface area contributed by atoms with Gasteiger partial charge in [0, 0.05) is 18.7 Å².